The fourth-order valence-corrected chi connectivity index (χ4v) is 8.15. The molecule has 0 aliphatic carbocycles. The molecule has 0 N–H and O–H groups in total. The highest BCUT2D eigenvalue weighted by molar-refractivity contribution is 5.71. The van der Waals surface area contributed by atoms with Crippen molar-refractivity contribution in [1.82, 2.24) is 0 Å². The van der Waals surface area contributed by atoms with Gasteiger partial charge in [-0.3, -0.25) is 14.4 Å². The summed E-state index contributed by atoms with van der Waals surface area (Å²) >= 11 is 0. The summed E-state index contributed by atoms with van der Waals surface area (Å²) in [4.78, 5) is 38.0. The number of ether oxygens (including phenoxy) is 3. The molecule has 1 unspecified atom stereocenters. The quantitative estimate of drug-likeness (QED) is 0.0262. The number of carbonyl (C=O) groups excluding carboxylic acids is 3. The lowest BCUT2D eigenvalue weighted by molar-refractivity contribution is -0.167. The van der Waals surface area contributed by atoms with E-state index in [1.54, 1.807) is 0 Å². The van der Waals surface area contributed by atoms with Gasteiger partial charge in [-0.1, -0.05) is 267 Å². The van der Waals surface area contributed by atoms with Gasteiger partial charge >= 0.3 is 17.9 Å². The van der Waals surface area contributed by atoms with Gasteiger partial charge in [0.2, 0.25) is 0 Å². The van der Waals surface area contributed by atoms with E-state index in [4.69, 9.17) is 14.2 Å². The zero-order chi connectivity index (χ0) is 49.3. The second-order valence-corrected chi connectivity index (χ2v) is 19.2. The fourth-order valence-electron chi connectivity index (χ4n) is 8.15. The van der Waals surface area contributed by atoms with Crippen molar-refractivity contribution in [3.05, 3.63) is 72.9 Å². The molecule has 6 nitrogen and oxygen atoms in total. The minimum absolute atomic E-state index is 0.0773. The normalized spacial score (nSPS) is 12.6. The summed E-state index contributed by atoms with van der Waals surface area (Å²) in [6.07, 6.45) is 72.0. The van der Waals surface area contributed by atoms with Crippen molar-refractivity contribution in [2.24, 2.45) is 0 Å². The van der Waals surface area contributed by atoms with E-state index >= 15 is 0 Å². The number of esters is 3. The third-order valence-corrected chi connectivity index (χ3v) is 12.5. The van der Waals surface area contributed by atoms with E-state index < -0.39 is 6.10 Å². The molecule has 0 saturated carbocycles. The van der Waals surface area contributed by atoms with E-state index in [2.05, 4.69) is 93.7 Å². The summed E-state index contributed by atoms with van der Waals surface area (Å²) in [5.41, 5.74) is 0. The highest BCUT2D eigenvalue weighted by Gasteiger charge is 2.19. The zero-order valence-corrected chi connectivity index (χ0v) is 44.9. The van der Waals surface area contributed by atoms with E-state index in [-0.39, 0.29) is 31.1 Å². The molecule has 0 radical (unpaired) electrons. The first-order chi connectivity index (χ1) is 33.5. The number of allylic oxidation sites excluding steroid dienone is 12. The Hall–Kier alpha value is -3.15. The van der Waals surface area contributed by atoms with Crippen molar-refractivity contribution in [2.45, 2.75) is 290 Å². The molecule has 0 aromatic heterocycles. The molecule has 1 atom stereocenters. The van der Waals surface area contributed by atoms with Gasteiger partial charge in [0.25, 0.3) is 0 Å². The summed E-state index contributed by atoms with van der Waals surface area (Å²) in [5.74, 6) is -0.889. The topological polar surface area (TPSA) is 78.9 Å². The Morgan fingerprint density at radius 1 is 0.309 bits per heavy atom. The monoisotopic (exact) mass is 949 g/mol. The molecule has 0 saturated heterocycles. The average Bonchev–Trinajstić information content (AvgIpc) is 3.34. The third-order valence-electron chi connectivity index (χ3n) is 12.5. The van der Waals surface area contributed by atoms with Crippen molar-refractivity contribution in [3.63, 3.8) is 0 Å². The second-order valence-electron chi connectivity index (χ2n) is 19.2. The van der Waals surface area contributed by atoms with E-state index in [0.29, 0.717) is 19.3 Å². The minimum atomic E-state index is -0.777. The van der Waals surface area contributed by atoms with Crippen molar-refractivity contribution in [1.29, 1.82) is 0 Å². The van der Waals surface area contributed by atoms with Crippen molar-refractivity contribution in [2.75, 3.05) is 13.2 Å². The van der Waals surface area contributed by atoms with E-state index in [0.717, 1.165) is 103 Å². The summed E-state index contributed by atoms with van der Waals surface area (Å²) in [5, 5.41) is 0. The molecule has 0 fully saturated rings. The van der Waals surface area contributed by atoms with Crippen LogP contribution in [0.2, 0.25) is 0 Å². The summed E-state index contributed by atoms with van der Waals surface area (Å²) < 4.78 is 16.8. The lowest BCUT2D eigenvalue weighted by Crippen LogP contribution is -2.30. The molecule has 0 aromatic rings. The van der Waals surface area contributed by atoms with Gasteiger partial charge in [-0.05, 0) is 70.6 Å². The lowest BCUT2D eigenvalue weighted by Gasteiger charge is -2.18. The molecule has 0 bridgehead atoms. The van der Waals surface area contributed by atoms with Crippen LogP contribution in [0.25, 0.3) is 0 Å². The van der Waals surface area contributed by atoms with Crippen LogP contribution in [-0.2, 0) is 28.6 Å². The predicted molar refractivity (Wildman–Crippen MR) is 293 cm³/mol. The molecule has 68 heavy (non-hydrogen) atoms. The molecule has 0 aliphatic rings. The van der Waals surface area contributed by atoms with Crippen LogP contribution >= 0.6 is 0 Å². The first kappa shape index (κ1) is 64.8. The standard InChI is InChI=1S/C62H108O6/c1-4-7-10-13-16-18-20-22-24-26-28-29-30-31-32-33-34-36-37-39-41-43-46-49-52-55-61(64)67-58-59(57-66-60(63)54-51-48-45-15-12-9-6-3)68-62(65)56-53-50-47-44-42-40-38-35-27-25-23-21-19-17-14-11-8-5-2/h7,10,16,18,22,24,28-29,31-32,34,36,59H,4-6,8-9,11-15,17,19-21,23,25-27,30,33,35,37-58H2,1-3H3/b10-7-,18-16-,24-22-,29-28-,32-31-,36-34-. The van der Waals surface area contributed by atoms with Gasteiger partial charge in [0, 0.05) is 19.3 Å². The lowest BCUT2D eigenvalue weighted by atomic mass is 10.0. The first-order valence-electron chi connectivity index (χ1n) is 28.9. The Labute approximate surface area is 421 Å². The Balaban J connectivity index is 4.21. The number of carbonyl (C=O) groups is 3. The average molecular weight is 950 g/mol. The van der Waals surface area contributed by atoms with Gasteiger partial charge in [-0.25, -0.2) is 0 Å². The van der Waals surface area contributed by atoms with Crippen LogP contribution in [-0.4, -0.2) is 37.2 Å². The van der Waals surface area contributed by atoms with E-state index in [1.807, 2.05) is 0 Å². The largest absolute Gasteiger partial charge is 0.462 e. The minimum Gasteiger partial charge on any atom is -0.462 e. The Morgan fingerprint density at radius 2 is 0.574 bits per heavy atom. The van der Waals surface area contributed by atoms with Crippen LogP contribution < -0.4 is 0 Å². The highest BCUT2D eigenvalue weighted by Crippen LogP contribution is 2.16. The highest BCUT2D eigenvalue weighted by atomic mass is 16.6. The number of hydrogen-bond acceptors (Lipinski definition) is 6. The Kier molecular flexibility index (Phi) is 53.8. The predicted octanol–water partition coefficient (Wildman–Crippen LogP) is 19.4. The molecular weight excluding hydrogens is 841 g/mol. The number of rotatable bonds is 52. The zero-order valence-electron chi connectivity index (χ0n) is 44.9. The summed E-state index contributed by atoms with van der Waals surface area (Å²) in [6, 6.07) is 0. The van der Waals surface area contributed by atoms with Gasteiger partial charge in [-0.15, -0.1) is 0 Å². The molecule has 392 valence electrons. The van der Waals surface area contributed by atoms with Gasteiger partial charge < -0.3 is 14.2 Å². The van der Waals surface area contributed by atoms with Gasteiger partial charge in [0.15, 0.2) is 6.10 Å². The van der Waals surface area contributed by atoms with Crippen LogP contribution in [0.1, 0.15) is 284 Å². The smallest absolute Gasteiger partial charge is 0.306 e. The van der Waals surface area contributed by atoms with Crippen LogP contribution in [0.3, 0.4) is 0 Å². The van der Waals surface area contributed by atoms with Gasteiger partial charge in [0.1, 0.15) is 13.2 Å². The molecule has 0 spiro atoms. The fraction of sp³-hybridized carbons (Fsp3) is 0.758. The molecule has 0 amide bonds. The molecule has 0 aromatic carbocycles. The Morgan fingerprint density at radius 3 is 0.897 bits per heavy atom. The van der Waals surface area contributed by atoms with Crippen LogP contribution in [0, 0.1) is 0 Å². The molecule has 0 aliphatic heterocycles. The maximum atomic E-state index is 12.8. The second kappa shape index (κ2) is 56.4. The molecular formula is C62H108O6. The number of unbranched alkanes of at least 4 members (excludes halogenated alkanes) is 29. The van der Waals surface area contributed by atoms with Gasteiger partial charge in [0.05, 0.1) is 0 Å². The Bertz CT molecular complexity index is 1270. The third kappa shape index (κ3) is 53.8. The molecule has 6 heteroatoms. The number of hydrogen-bond donors (Lipinski definition) is 0. The van der Waals surface area contributed by atoms with Crippen molar-refractivity contribution < 1.29 is 28.6 Å². The van der Waals surface area contributed by atoms with Crippen molar-refractivity contribution >= 4 is 17.9 Å². The summed E-state index contributed by atoms with van der Waals surface area (Å²) in [6.45, 7) is 6.50. The SMILES string of the molecule is CC/C=C\C/C=C\C/C=C\C/C=C\C/C=C\C/C=C\CCCCCCCCC(=O)OCC(COC(=O)CCCCCCCCC)OC(=O)CCCCCCCCCCCCCCCCCCCC. The molecule has 0 heterocycles. The van der Waals surface area contributed by atoms with Crippen LogP contribution in [0.5, 0.6) is 0 Å². The van der Waals surface area contributed by atoms with E-state index in [1.165, 1.54) is 141 Å². The van der Waals surface area contributed by atoms with Crippen LogP contribution in [0.4, 0.5) is 0 Å². The molecule has 0 rings (SSSR count). The summed E-state index contributed by atoms with van der Waals surface area (Å²) in [7, 11) is 0. The van der Waals surface area contributed by atoms with Crippen molar-refractivity contribution in [3.8, 4) is 0 Å². The van der Waals surface area contributed by atoms with Gasteiger partial charge in [-0.2, -0.15) is 0 Å². The van der Waals surface area contributed by atoms with Crippen LogP contribution in [0.15, 0.2) is 72.9 Å². The maximum Gasteiger partial charge on any atom is 0.306 e. The van der Waals surface area contributed by atoms with E-state index in [9.17, 15) is 14.4 Å². The maximum absolute atomic E-state index is 12.8. The first-order valence-corrected chi connectivity index (χ1v) is 28.9.